The second-order valence-electron chi connectivity index (χ2n) is 4.11. The highest BCUT2D eigenvalue weighted by Gasteiger charge is 2.14. The number of hydrogen-bond donors (Lipinski definition) is 1. The topological polar surface area (TPSA) is 70.7 Å². The zero-order valence-corrected chi connectivity index (χ0v) is 12.0. The molecule has 0 aliphatic carbocycles. The molecule has 0 fully saturated rings. The van der Waals surface area contributed by atoms with Crippen LogP contribution in [0.2, 0.25) is 0 Å². The van der Waals surface area contributed by atoms with Crippen LogP contribution in [-0.2, 0) is 7.05 Å². The van der Waals surface area contributed by atoms with Crippen molar-refractivity contribution in [3.63, 3.8) is 0 Å². The van der Waals surface area contributed by atoms with E-state index in [2.05, 4.69) is 26.3 Å². The van der Waals surface area contributed by atoms with Crippen molar-refractivity contribution in [1.29, 1.82) is 5.26 Å². The molecule has 2 aromatic rings. The number of halogens is 1. The molecule has 19 heavy (non-hydrogen) atoms. The first-order valence-electron chi connectivity index (χ1n) is 5.52. The van der Waals surface area contributed by atoms with Gasteiger partial charge in [-0.15, -0.1) is 0 Å². The maximum absolute atomic E-state index is 12.1. The summed E-state index contributed by atoms with van der Waals surface area (Å²) in [4.78, 5) is 12.1. The Balaban J connectivity index is 2.28. The second kappa shape index (κ2) is 5.24. The number of anilines is 1. The van der Waals surface area contributed by atoms with Crippen LogP contribution in [0.15, 0.2) is 28.9 Å². The van der Waals surface area contributed by atoms with Crippen molar-refractivity contribution in [2.75, 3.05) is 5.32 Å². The first-order valence-corrected chi connectivity index (χ1v) is 6.32. The van der Waals surface area contributed by atoms with E-state index in [-0.39, 0.29) is 11.7 Å². The SMILES string of the molecule is Cc1ccc(C(=O)Nc2nn(C)cc2C#N)c(Br)c1. The number of rotatable bonds is 2. The van der Waals surface area contributed by atoms with Gasteiger partial charge in [0.2, 0.25) is 0 Å². The average molecular weight is 319 g/mol. The minimum Gasteiger partial charge on any atom is -0.304 e. The summed E-state index contributed by atoms with van der Waals surface area (Å²) in [7, 11) is 1.69. The van der Waals surface area contributed by atoms with Crippen LogP contribution in [0.1, 0.15) is 21.5 Å². The van der Waals surface area contributed by atoms with Crippen LogP contribution < -0.4 is 5.32 Å². The first-order chi connectivity index (χ1) is 9.01. The fraction of sp³-hybridized carbons (Fsp3) is 0.154. The Morgan fingerprint density at radius 3 is 2.89 bits per heavy atom. The molecular weight excluding hydrogens is 308 g/mol. The molecule has 0 radical (unpaired) electrons. The molecule has 1 N–H and O–H groups in total. The van der Waals surface area contributed by atoms with Gasteiger partial charge < -0.3 is 5.32 Å². The van der Waals surface area contributed by atoms with Gasteiger partial charge in [0.1, 0.15) is 11.6 Å². The molecule has 0 saturated carbocycles. The number of hydrogen-bond acceptors (Lipinski definition) is 3. The van der Waals surface area contributed by atoms with Gasteiger partial charge in [0.15, 0.2) is 5.82 Å². The zero-order chi connectivity index (χ0) is 14.0. The monoisotopic (exact) mass is 318 g/mol. The molecule has 1 aromatic carbocycles. The first kappa shape index (κ1) is 13.3. The number of aromatic nitrogens is 2. The normalized spacial score (nSPS) is 10.0. The largest absolute Gasteiger partial charge is 0.304 e. The van der Waals surface area contributed by atoms with Gasteiger partial charge in [0.25, 0.3) is 5.91 Å². The van der Waals surface area contributed by atoms with Crippen molar-refractivity contribution >= 4 is 27.7 Å². The lowest BCUT2D eigenvalue weighted by Gasteiger charge is -2.05. The van der Waals surface area contributed by atoms with E-state index < -0.39 is 0 Å². The molecular formula is C13H11BrN4O. The number of nitrogens with one attached hydrogen (secondary N) is 1. The van der Waals surface area contributed by atoms with Crippen LogP contribution in [0.3, 0.4) is 0 Å². The number of carbonyl (C=O) groups is 1. The van der Waals surface area contributed by atoms with Crippen LogP contribution in [-0.4, -0.2) is 15.7 Å². The molecule has 0 aliphatic heterocycles. The molecule has 0 spiro atoms. The fourth-order valence-corrected chi connectivity index (χ4v) is 2.32. The maximum Gasteiger partial charge on any atom is 0.258 e. The lowest BCUT2D eigenvalue weighted by Crippen LogP contribution is -2.14. The molecule has 0 saturated heterocycles. The third kappa shape index (κ3) is 2.83. The van der Waals surface area contributed by atoms with E-state index in [1.807, 2.05) is 25.1 Å². The van der Waals surface area contributed by atoms with Crippen LogP contribution in [0.5, 0.6) is 0 Å². The molecule has 2 rings (SSSR count). The van der Waals surface area contributed by atoms with Gasteiger partial charge in [-0.3, -0.25) is 9.48 Å². The van der Waals surface area contributed by atoms with E-state index >= 15 is 0 Å². The summed E-state index contributed by atoms with van der Waals surface area (Å²) in [6, 6.07) is 7.42. The summed E-state index contributed by atoms with van der Waals surface area (Å²) in [5.74, 6) is -0.0375. The smallest absolute Gasteiger partial charge is 0.258 e. The highest BCUT2D eigenvalue weighted by atomic mass is 79.9. The predicted octanol–water partition coefficient (Wildman–Crippen LogP) is 2.62. The van der Waals surface area contributed by atoms with E-state index in [4.69, 9.17) is 5.26 Å². The van der Waals surface area contributed by atoms with Crippen LogP contribution in [0.25, 0.3) is 0 Å². The van der Waals surface area contributed by atoms with Gasteiger partial charge in [-0.1, -0.05) is 6.07 Å². The maximum atomic E-state index is 12.1. The Hall–Kier alpha value is -2.13. The minimum atomic E-state index is -0.304. The molecule has 1 amide bonds. The lowest BCUT2D eigenvalue weighted by atomic mass is 10.1. The van der Waals surface area contributed by atoms with Crippen molar-refractivity contribution in [2.45, 2.75) is 6.92 Å². The van der Waals surface area contributed by atoms with Gasteiger partial charge in [-0.05, 0) is 40.5 Å². The van der Waals surface area contributed by atoms with E-state index in [1.165, 1.54) is 4.68 Å². The summed E-state index contributed by atoms with van der Waals surface area (Å²) in [5.41, 5.74) is 1.89. The van der Waals surface area contributed by atoms with Crippen molar-refractivity contribution in [2.24, 2.45) is 7.05 Å². The number of nitriles is 1. The zero-order valence-electron chi connectivity index (χ0n) is 10.4. The molecule has 0 aliphatic rings. The highest BCUT2D eigenvalue weighted by Crippen LogP contribution is 2.20. The molecule has 6 heteroatoms. The summed E-state index contributed by atoms with van der Waals surface area (Å²) in [6.45, 7) is 1.94. The Morgan fingerprint density at radius 1 is 1.53 bits per heavy atom. The van der Waals surface area contributed by atoms with E-state index in [1.54, 1.807) is 19.3 Å². The standard InChI is InChI=1S/C13H11BrN4O/c1-8-3-4-10(11(14)5-8)13(19)16-12-9(6-15)7-18(2)17-12/h3-5,7H,1-2H3,(H,16,17,19). The van der Waals surface area contributed by atoms with Gasteiger partial charge >= 0.3 is 0 Å². The summed E-state index contributed by atoms with van der Waals surface area (Å²) >= 11 is 3.35. The van der Waals surface area contributed by atoms with Gasteiger partial charge in [-0.25, -0.2) is 0 Å². The Kier molecular flexibility index (Phi) is 3.67. The van der Waals surface area contributed by atoms with Crippen LogP contribution >= 0.6 is 15.9 Å². The molecule has 1 aromatic heterocycles. The number of nitrogens with zero attached hydrogens (tertiary/aromatic N) is 3. The van der Waals surface area contributed by atoms with Crippen molar-refractivity contribution in [1.82, 2.24) is 9.78 Å². The van der Waals surface area contributed by atoms with Crippen molar-refractivity contribution in [3.8, 4) is 6.07 Å². The number of benzene rings is 1. The Bertz CT molecular complexity index is 684. The van der Waals surface area contributed by atoms with Crippen molar-refractivity contribution in [3.05, 3.63) is 45.6 Å². The summed E-state index contributed by atoms with van der Waals surface area (Å²) < 4.78 is 2.19. The Morgan fingerprint density at radius 2 is 2.26 bits per heavy atom. The Labute approximate surface area is 119 Å². The molecule has 96 valence electrons. The average Bonchev–Trinajstić information content (AvgIpc) is 2.69. The number of amides is 1. The quantitative estimate of drug-likeness (QED) is 0.925. The molecule has 5 nitrogen and oxygen atoms in total. The van der Waals surface area contributed by atoms with E-state index in [0.29, 0.717) is 15.6 Å². The molecule has 0 unspecified atom stereocenters. The number of carbonyl (C=O) groups excluding carboxylic acids is 1. The lowest BCUT2D eigenvalue weighted by molar-refractivity contribution is 0.102. The third-order valence-corrected chi connectivity index (χ3v) is 3.21. The fourth-order valence-electron chi connectivity index (χ4n) is 1.64. The third-order valence-electron chi connectivity index (χ3n) is 2.55. The van der Waals surface area contributed by atoms with Gasteiger partial charge in [0.05, 0.1) is 5.56 Å². The van der Waals surface area contributed by atoms with Crippen LogP contribution in [0.4, 0.5) is 5.82 Å². The molecule has 1 heterocycles. The molecule has 0 bridgehead atoms. The van der Waals surface area contributed by atoms with Crippen molar-refractivity contribution < 1.29 is 4.79 Å². The van der Waals surface area contributed by atoms with Gasteiger partial charge in [0, 0.05) is 17.7 Å². The van der Waals surface area contributed by atoms with E-state index in [0.717, 1.165) is 5.56 Å². The minimum absolute atomic E-state index is 0.266. The van der Waals surface area contributed by atoms with Crippen LogP contribution in [0, 0.1) is 18.3 Å². The number of aryl methyl sites for hydroxylation is 2. The van der Waals surface area contributed by atoms with Gasteiger partial charge in [-0.2, -0.15) is 10.4 Å². The molecule has 0 atom stereocenters. The predicted molar refractivity (Wildman–Crippen MR) is 74.8 cm³/mol. The summed E-state index contributed by atoms with van der Waals surface area (Å²) in [5, 5.41) is 15.6. The second-order valence-corrected chi connectivity index (χ2v) is 4.97. The highest BCUT2D eigenvalue weighted by molar-refractivity contribution is 9.10. The summed E-state index contributed by atoms with van der Waals surface area (Å²) in [6.07, 6.45) is 1.56. The van der Waals surface area contributed by atoms with E-state index in [9.17, 15) is 4.79 Å².